The second-order valence-electron chi connectivity index (χ2n) is 2.78. The fourth-order valence-corrected chi connectivity index (χ4v) is 1.58. The predicted molar refractivity (Wildman–Crippen MR) is 50.9 cm³/mol. The van der Waals surface area contributed by atoms with E-state index in [4.69, 9.17) is 5.26 Å². The Morgan fingerprint density at radius 1 is 1.58 bits per heavy atom. The van der Waals surface area contributed by atoms with Crippen LogP contribution >= 0.6 is 15.9 Å². The van der Waals surface area contributed by atoms with Crippen molar-refractivity contribution < 1.29 is 0 Å². The summed E-state index contributed by atoms with van der Waals surface area (Å²) in [6, 6.07) is 10.3. The van der Waals surface area contributed by atoms with Crippen molar-refractivity contribution in [3.05, 3.63) is 28.7 Å². The number of nitrogens with zero attached hydrogens (tertiary/aromatic N) is 2. The molecule has 3 heteroatoms. The van der Waals surface area contributed by atoms with E-state index in [0.29, 0.717) is 0 Å². The van der Waals surface area contributed by atoms with Crippen molar-refractivity contribution in [2.45, 2.75) is 6.04 Å². The number of nitriles is 1. The number of halogens is 1. The van der Waals surface area contributed by atoms with Crippen LogP contribution in [0.15, 0.2) is 28.7 Å². The van der Waals surface area contributed by atoms with Crippen LogP contribution in [0.4, 0.5) is 5.69 Å². The SMILES string of the molecule is N#CC1CN1c1cccc(Br)c1. The summed E-state index contributed by atoms with van der Waals surface area (Å²) in [5.74, 6) is 0. The van der Waals surface area contributed by atoms with Crippen molar-refractivity contribution in [3.8, 4) is 6.07 Å². The van der Waals surface area contributed by atoms with Crippen LogP contribution in [0, 0.1) is 11.3 Å². The lowest BCUT2D eigenvalue weighted by molar-refractivity contribution is 1.26. The van der Waals surface area contributed by atoms with Crippen LogP contribution in [-0.4, -0.2) is 12.6 Å². The molecule has 0 N–H and O–H groups in total. The molecule has 0 bridgehead atoms. The van der Waals surface area contributed by atoms with E-state index < -0.39 is 0 Å². The summed E-state index contributed by atoms with van der Waals surface area (Å²) in [6.07, 6.45) is 0. The fraction of sp³-hybridized carbons (Fsp3) is 0.222. The second kappa shape index (κ2) is 2.80. The van der Waals surface area contributed by atoms with Gasteiger partial charge >= 0.3 is 0 Å². The van der Waals surface area contributed by atoms with E-state index in [1.54, 1.807) is 0 Å². The molecule has 0 amide bonds. The molecule has 0 radical (unpaired) electrons. The molecule has 60 valence electrons. The molecule has 0 aromatic heterocycles. The van der Waals surface area contributed by atoms with Gasteiger partial charge in [0.15, 0.2) is 0 Å². The van der Waals surface area contributed by atoms with Crippen LogP contribution in [0.5, 0.6) is 0 Å². The Morgan fingerprint density at radius 2 is 2.42 bits per heavy atom. The quantitative estimate of drug-likeness (QED) is 0.682. The van der Waals surface area contributed by atoms with Gasteiger partial charge in [0.25, 0.3) is 0 Å². The lowest BCUT2D eigenvalue weighted by atomic mass is 10.3. The maximum absolute atomic E-state index is 8.60. The van der Waals surface area contributed by atoms with Gasteiger partial charge in [-0.1, -0.05) is 22.0 Å². The summed E-state index contributed by atoms with van der Waals surface area (Å²) in [5.41, 5.74) is 1.12. The summed E-state index contributed by atoms with van der Waals surface area (Å²) in [5, 5.41) is 8.60. The molecule has 1 aliphatic heterocycles. The molecule has 1 saturated heterocycles. The van der Waals surface area contributed by atoms with Crippen molar-refractivity contribution in [2.24, 2.45) is 0 Å². The first-order chi connectivity index (χ1) is 5.81. The highest BCUT2D eigenvalue weighted by atomic mass is 79.9. The van der Waals surface area contributed by atoms with Crippen molar-refractivity contribution in [2.75, 3.05) is 11.4 Å². The van der Waals surface area contributed by atoms with Crippen LogP contribution in [0.1, 0.15) is 0 Å². The Balaban J connectivity index is 2.21. The molecule has 0 saturated carbocycles. The minimum absolute atomic E-state index is 0.0966. The maximum atomic E-state index is 8.60. The number of rotatable bonds is 1. The zero-order chi connectivity index (χ0) is 8.55. The predicted octanol–water partition coefficient (Wildman–Crippen LogP) is 2.16. The molecule has 1 fully saturated rings. The van der Waals surface area contributed by atoms with Crippen LogP contribution < -0.4 is 4.90 Å². The Kier molecular flexibility index (Phi) is 1.78. The monoisotopic (exact) mass is 222 g/mol. The van der Waals surface area contributed by atoms with E-state index in [1.165, 1.54) is 0 Å². The van der Waals surface area contributed by atoms with E-state index in [0.717, 1.165) is 16.7 Å². The number of anilines is 1. The summed E-state index contributed by atoms with van der Waals surface area (Å²) in [4.78, 5) is 2.06. The Hall–Kier alpha value is -1.01. The van der Waals surface area contributed by atoms with Gasteiger partial charge in [0, 0.05) is 10.2 Å². The molecule has 1 aliphatic rings. The molecule has 12 heavy (non-hydrogen) atoms. The van der Waals surface area contributed by atoms with E-state index in [-0.39, 0.29) is 6.04 Å². The van der Waals surface area contributed by atoms with Crippen LogP contribution in [0.3, 0.4) is 0 Å². The summed E-state index contributed by atoms with van der Waals surface area (Å²) in [7, 11) is 0. The number of benzene rings is 1. The molecular weight excluding hydrogens is 216 g/mol. The molecule has 0 aliphatic carbocycles. The van der Waals surface area contributed by atoms with Crippen LogP contribution in [0.2, 0.25) is 0 Å². The van der Waals surface area contributed by atoms with Crippen molar-refractivity contribution in [3.63, 3.8) is 0 Å². The largest absolute Gasteiger partial charge is 0.351 e. The van der Waals surface area contributed by atoms with Gasteiger partial charge in [0.2, 0.25) is 0 Å². The minimum atomic E-state index is 0.0966. The molecule has 2 nitrogen and oxygen atoms in total. The third-order valence-electron chi connectivity index (χ3n) is 1.90. The topological polar surface area (TPSA) is 26.8 Å². The fourth-order valence-electron chi connectivity index (χ4n) is 1.19. The molecule has 2 rings (SSSR count). The minimum Gasteiger partial charge on any atom is -0.351 e. The van der Waals surface area contributed by atoms with Gasteiger partial charge < -0.3 is 4.90 Å². The van der Waals surface area contributed by atoms with E-state index in [2.05, 4.69) is 26.9 Å². The van der Waals surface area contributed by atoms with E-state index >= 15 is 0 Å². The highest BCUT2D eigenvalue weighted by molar-refractivity contribution is 9.10. The van der Waals surface area contributed by atoms with Gasteiger partial charge in [-0.05, 0) is 18.2 Å². The first kappa shape index (κ1) is 7.63. The molecule has 1 atom stereocenters. The average Bonchev–Trinajstić information content (AvgIpc) is 2.83. The zero-order valence-electron chi connectivity index (χ0n) is 6.37. The third kappa shape index (κ3) is 1.30. The van der Waals surface area contributed by atoms with Crippen LogP contribution in [-0.2, 0) is 0 Å². The normalized spacial score (nSPS) is 20.3. The third-order valence-corrected chi connectivity index (χ3v) is 2.39. The van der Waals surface area contributed by atoms with E-state index in [1.807, 2.05) is 24.3 Å². The van der Waals surface area contributed by atoms with Gasteiger partial charge in [-0.3, -0.25) is 0 Å². The van der Waals surface area contributed by atoms with Gasteiger partial charge in [-0.25, -0.2) is 0 Å². The van der Waals surface area contributed by atoms with Gasteiger partial charge in [0.1, 0.15) is 6.04 Å². The number of hydrogen-bond acceptors (Lipinski definition) is 2. The molecule has 1 aromatic rings. The highest BCUT2D eigenvalue weighted by Crippen LogP contribution is 2.28. The van der Waals surface area contributed by atoms with Gasteiger partial charge in [-0.15, -0.1) is 0 Å². The van der Waals surface area contributed by atoms with E-state index in [9.17, 15) is 0 Å². The second-order valence-corrected chi connectivity index (χ2v) is 3.69. The van der Waals surface area contributed by atoms with Crippen molar-refractivity contribution in [1.29, 1.82) is 5.26 Å². The Bertz CT molecular complexity index is 343. The van der Waals surface area contributed by atoms with Crippen molar-refractivity contribution in [1.82, 2.24) is 0 Å². The Morgan fingerprint density at radius 3 is 3.00 bits per heavy atom. The average molecular weight is 223 g/mol. The standard InChI is InChI=1S/C9H7BrN2/c10-7-2-1-3-8(4-7)12-6-9(12)5-11/h1-4,9H,6H2. The van der Waals surface area contributed by atoms with Crippen molar-refractivity contribution >= 4 is 21.6 Å². The molecule has 1 unspecified atom stereocenters. The smallest absolute Gasteiger partial charge is 0.134 e. The van der Waals surface area contributed by atoms with Gasteiger partial charge in [0.05, 0.1) is 12.6 Å². The Labute approximate surface area is 79.5 Å². The molecule has 1 aromatic carbocycles. The summed E-state index contributed by atoms with van der Waals surface area (Å²) >= 11 is 3.39. The molecule has 0 spiro atoms. The maximum Gasteiger partial charge on any atom is 0.134 e. The lowest BCUT2D eigenvalue weighted by Gasteiger charge is -2.01. The first-order valence-electron chi connectivity index (χ1n) is 3.73. The van der Waals surface area contributed by atoms with Gasteiger partial charge in [-0.2, -0.15) is 5.26 Å². The molecular formula is C9H7BrN2. The lowest BCUT2D eigenvalue weighted by Crippen LogP contribution is -1.95. The summed E-state index contributed by atoms with van der Waals surface area (Å²) < 4.78 is 1.06. The first-order valence-corrected chi connectivity index (χ1v) is 4.52. The number of hydrogen-bond donors (Lipinski definition) is 0. The highest BCUT2D eigenvalue weighted by Gasteiger charge is 2.33. The zero-order valence-corrected chi connectivity index (χ0v) is 7.95. The summed E-state index contributed by atoms with van der Waals surface area (Å²) in [6.45, 7) is 0.868. The molecule has 1 heterocycles. The van der Waals surface area contributed by atoms with Crippen LogP contribution in [0.25, 0.3) is 0 Å².